The number of para-hydroxylation sites is 1. The van der Waals surface area contributed by atoms with Crippen molar-refractivity contribution in [1.82, 2.24) is 0 Å². The summed E-state index contributed by atoms with van der Waals surface area (Å²) >= 11 is 3.37. The van der Waals surface area contributed by atoms with Crippen LogP contribution in [0.3, 0.4) is 0 Å². The number of aliphatic hydroxyl groups excluding tert-OH is 1. The quantitative estimate of drug-likeness (QED) is 0.848. The minimum Gasteiger partial charge on any atom is -0.492 e. The van der Waals surface area contributed by atoms with Gasteiger partial charge in [-0.05, 0) is 40.8 Å². The van der Waals surface area contributed by atoms with E-state index in [-0.39, 0.29) is 0 Å². The summed E-state index contributed by atoms with van der Waals surface area (Å²) in [5.74, 6) is 0.423. The van der Waals surface area contributed by atoms with E-state index >= 15 is 0 Å². The van der Waals surface area contributed by atoms with Crippen LogP contribution in [-0.2, 0) is 9.53 Å². The number of halogens is 1. The van der Waals surface area contributed by atoms with Gasteiger partial charge in [0.1, 0.15) is 5.75 Å². The smallest absolute Gasteiger partial charge is 0.339 e. The fourth-order valence-electron chi connectivity index (χ4n) is 1.62. The third kappa shape index (κ3) is 3.03. The lowest BCUT2D eigenvalue weighted by molar-refractivity contribution is -0.150. The van der Waals surface area contributed by atoms with E-state index in [0.29, 0.717) is 23.8 Å². The zero-order chi connectivity index (χ0) is 13.1. The highest BCUT2D eigenvalue weighted by Crippen LogP contribution is 2.36. The molecule has 18 heavy (non-hydrogen) atoms. The zero-order valence-corrected chi connectivity index (χ0v) is 11.6. The van der Waals surface area contributed by atoms with Crippen molar-refractivity contribution in [3.05, 3.63) is 28.2 Å². The van der Waals surface area contributed by atoms with E-state index in [9.17, 15) is 9.90 Å². The maximum atomic E-state index is 11.4. The molecule has 5 heteroatoms. The van der Waals surface area contributed by atoms with Gasteiger partial charge in [-0.1, -0.05) is 12.1 Å². The van der Waals surface area contributed by atoms with Crippen LogP contribution in [0.1, 0.15) is 24.5 Å². The minimum absolute atomic E-state index is 0.428. The van der Waals surface area contributed by atoms with E-state index in [1.54, 1.807) is 12.1 Å². The first-order valence-electron chi connectivity index (χ1n) is 5.80. The van der Waals surface area contributed by atoms with Crippen molar-refractivity contribution in [1.29, 1.82) is 0 Å². The topological polar surface area (TPSA) is 55.8 Å². The fourth-order valence-corrected chi connectivity index (χ4v) is 2.11. The molecule has 0 aromatic heterocycles. The van der Waals surface area contributed by atoms with E-state index in [0.717, 1.165) is 4.47 Å². The van der Waals surface area contributed by atoms with Crippen molar-refractivity contribution in [3.63, 3.8) is 0 Å². The number of benzene rings is 1. The van der Waals surface area contributed by atoms with Crippen LogP contribution < -0.4 is 4.74 Å². The minimum atomic E-state index is -1.32. The van der Waals surface area contributed by atoms with Gasteiger partial charge in [0.05, 0.1) is 18.2 Å². The Labute approximate surface area is 114 Å². The van der Waals surface area contributed by atoms with Gasteiger partial charge in [-0.15, -0.1) is 0 Å². The molecule has 1 N–H and O–H groups in total. The summed E-state index contributed by atoms with van der Waals surface area (Å²) in [6.07, 6.45) is 1.04. The van der Waals surface area contributed by atoms with Crippen molar-refractivity contribution in [3.8, 4) is 5.75 Å². The second kappa shape index (κ2) is 5.71. The average molecular weight is 315 g/mol. The Hall–Kier alpha value is -1.07. The number of methoxy groups -OCH3 is 1. The average Bonchev–Trinajstić information content (AvgIpc) is 3.19. The van der Waals surface area contributed by atoms with Gasteiger partial charge < -0.3 is 14.6 Å². The van der Waals surface area contributed by atoms with Crippen LogP contribution in [-0.4, -0.2) is 24.8 Å². The monoisotopic (exact) mass is 314 g/mol. The molecular formula is C13H15BrO4. The molecule has 1 atom stereocenters. The van der Waals surface area contributed by atoms with Crippen molar-refractivity contribution in [2.24, 2.45) is 5.92 Å². The highest BCUT2D eigenvalue weighted by molar-refractivity contribution is 9.10. The molecule has 1 fully saturated rings. The van der Waals surface area contributed by atoms with Gasteiger partial charge in [-0.3, -0.25) is 0 Å². The van der Waals surface area contributed by atoms with Crippen LogP contribution in [0.15, 0.2) is 22.7 Å². The third-order valence-corrected chi connectivity index (χ3v) is 3.50. The lowest BCUT2D eigenvalue weighted by atomic mass is 10.1. The Morgan fingerprint density at radius 1 is 1.56 bits per heavy atom. The number of aliphatic hydroxyl groups is 1. The van der Waals surface area contributed by atoms with Crippen LogP contribution in [0.5, 0.6) is 5.75 Å². The molecule has 1 aromatic carbocycles. The summed E-state index contributed by atoms with van der Waals surface area (Å²) < 4.78 is 11.0. The van der Waals surface area contributed by atoms with E-state index in [2.05, 4.69) is 20.7 Å². The van der Waals surface area contributed by atoms with Crippen LogP contribution in [0, 0.1) is 5.92 Å². The van der Waals surface area contributed by atoms with Gasteiger partial charge in [-0.2, -0.15) is 0 Å². The molecule has 1 aromatic rings. The van der Waals surface area contributed by atoms with E-state index in [1.165, 1.54) is 20.0 Å². The summed E-state index contributed by atoms with van der Waals surface area (Å²) in [5.41, 5.74) is 0.428. The second-order valence-corrected chi connectivity index (χ2v) is 5.19. The highest BCUT2D eigenvalue weighted by Gasteiger charge is 2.26. The van der Waals surface area contributed by atoms with E-state index in [1.807, 2.05) is 6.07 Å². The van der Waals surface area contributed by atoms with Gasteiger partial charge in [-0.25, -0.2) is 4.79 Å². The molecule has 0 saturated heterocycles. The van der Waals surface area contributed by atoms with Gasteiger partial charge >= 0.3 is 5.97 Å². The zero-order valence-electron chi connectivity index (χ0n) is 10.1. The van der Waals surface area contributed by atoms with E-state index < -0.39 is 12.1 Å². The lowest BCUT2D eigenvalue weighted by Crippen LogP contribution is -2.15. The van der Waals surface area contributed by atoms with Crippen molar-refractivity contribution >= 4 is 21.9 Å². The van der Waals surface area contributed by atoms with Gasteiger partial charge in [0.2, 0.25) is 0 Å². The van der Waals surface area contributed by atoms with Crippen LogP contribution in [0.25, 0.3) is 0 Å². The summed E-state index contributed by atoms with van der Waals surface area (Å²) in [6, 6.07) is 5.22. The van der Waals surface area contributed by atoms with Gasteiger partial charge in [0.15, 0.2) is 6.10 Å². The molecule has 98 valence electrons. The maximum absolute atomic E-state index is 11.4. The summed E-state index contributed by atoms with van der Waals surface area (Å²) in [6.45, 7) is 0.615. The normalized spacial score (nSPS) is 16.2. The molecular weight excluding hydrogens is 300 g/mol. The maximum Gasteiger partial charge on any atom is 0.339 e. The van der Waals surface area contributed by atoms with Crippen LogP contribution in [0.4, 0.5) is 0 Å². The number of ether oxygens (including phenoxy) is 2. The molecule has 1 saturated carbocycles. The first kappa shape index (κ1) is 13.4. The summed E-state index contributed by atoms with van der Waals surface area (Å²) in [5, 5.41) is 9.90. The fraction of sp³-hybridized carbons (Fsp3) is 0.462. The largest absolute Gasteiger partial charge is 0.492 e. The third-order valence-electron chi connectivity index (χ3n) is 2.88. The van der Waals surface area contributed by atoms with Crippen molar-refractivity contribution in [2.75, 3.05) is 13.7 Å². The Kier molecular flexibility index (Phi) is 4.24. The Morgan fingerprint density at radius 2 is 2.28 bits per heavy atom. The molecule has 0 spiro atoms. The number of carbonyl (C=O) groups is 1. The first-order chi connectivity index (χ1) is 8.63. The molecule has 2 rings (SSSR count). The van der Waals surface area contributed by atoms with Crippen LogP contribution >= 0.6 is 15.9 Å². The Morgan fingerprint density at radius 3 is 2.89 bits per heavy atom. The van der Waals surface area contributed by atoms with Gasteiger partial charge in [0.25, 0.3) is 0 Å². The molecule has 0 amide bonds. The molecule has 0 bridgehead atoms. The first-order valence-corrected chi connectivity index (χ1v) is 6.60. The Bertz CT molecular complexity index is 443. The standard InChI is InChI=1S/C13H15BrO4/c1-17-13(16)11(15)9-3-2-4-10(14)12(9)18-7-8-5-6-8/h2-4,8,11,15H,5-7H2,1H3. The SMILES string of the molecule is COC(=O)C(O)c1cccc(Br)c1OCC1CC1. The molecule has 0 radical (unpaired) electrons. The van der Waals surface area contributed by atoms with E-state index in [4.69, 9.17) is 4.74 Å². The molecule has 4 nitrogen and oxygen atoms in total. The molecule has 0 heterocycles. The molecule has 1 aliphatic rings. The number of hydrogen-bond acceptors (Lipinski definition) is 4. The number of esters is 1. The van der Waals surface area contributed by atoms with Crippen LogP contribution in [0.2, 0.25) is 0 Å². The summed E-state index contributed by atoms with van der Waals surface area (Å²) in [7, 11) is 1.24. The Balaban J connectivity index is 2.21. The predicted octanol–water partition coefficient (Wildman–Crippen LogP) is 2.44. The molecule has 1 aliphatic carbocycles. The lowest BCUT2D eigenvalue weighted by Gasteiger charge is -2.16. The van der Waals surface area contributed by atoms with Gasteiger partial charge in [0, 0.05) is 5.56 Å². The predicted molar refractivity (Wildman–Crippen MR) is 69.3 cm³/mol. The number of carbonyl (C=O) groups excluding carboxylic acids is 1. The second-order valence-electron chi connectivity index (χ2n) is 4.34. The number of rotatable bonds is 5. The van der Waals surface area contributed by atoms with Crippen molar-refractivity contribution in [2.45, 2.75) is 18.9 Å². The highest BCUT2D eigenvalue weighted by atomic mass is 79.9. The molecule has 0 aliphatic heterocycles. The number of hydrogen-bond donors (Lipinski definition) is 1. The molecule has 1 unspecified atom stereocenters. The summed E-state index contributed by atoms with van der Waals surface area (Å²) in [4.78, 5) is 11.4. The van der Waals surface area contributed by atoms with Crippen molar-refractivity contribution < 1.29 is 19.4 Å².